The van der Waals surface area contributed by atoms with Gasteiger partial charge in [0.05, 0.1) is 18.7 Å². The number of benzene rings is 2. The maximum atomic E-state index is 9.15. The quantitative estimate of drug-likeness (QED) is 0.826. The Morgan fingerprint density at radius 2 is 1.90 bits per heavy atom. The highest BCUT2D eigenvalue weighted by Gasteiger charge is 2.09. The van der Waals surface area contributed by atoms with Gasteiger partial charge in [-0.25, -0.2) is 0 Å². The van der Waals surface area contributed by atoms with Crippen LogP contribution in [0.3, 0.4) is 0 Å². The van der Waals surface area contributed by atoms with Crippen LogP contribution in [0.2, 0.25) is 0 Å². The summed E-state index contributed by atoms with van der Waals surface area (Å²) in [7, 11) is 1.70. The van der Waals surface area contributed by atoms with E-state index < -0.39 is 0 Å². The SMILES string of the molecule is COc1ccc(Cc2ccccc2C#N)cc1C(C)C. The summed E-state index contributed by atoms with van der Waals surface area (Å²) in [4.78, 5) is 0. The van der Waals surface area contributed by atoms with Crippen molar-refractivity contribution >= 4 is 0 Å². The zero-order valence-corrected chi connectivity index (χ0v) is 12.2. The Morgan fingerprint density at radius 3 is 2.55 bits per heavy atom. The highest BCUT2D eigenvalue weighted by molar-refractivity contribution is 5.44. The molecule has 0 radical (unpaired) electrons. The molecular weight excluding hydrogens is 246 g/mol. The van der Waals surface area contributed by atoms with Gasteiger partial charge in [0, 0.05) is 0 Å². The molecular formula is C18H19NO. The molecule has 2 nitrogen and oxygen atoms in total. The van der Waals surface area contributed by atoms with Crippen molar-refractivity contribution in [2.24, 2.45) is 0 Å². The van der Waals surface area contributed by atoms with Gasteiger partial charge in [-0.2, -0.15) is 5.26 Å². The summed E-state index contributed by atoms with van der Waals surface area (Å²) in [5.41, 5.74) is 4.22. The molecule has 20 heavy (non-hydrogen) atoms. The molecule has 2 aromatic carbocycles. The second-order valence-corrected chi connectivity index (χ2v) is 5.18. The van der Waals surface area contributed by atoms with Crippen LogP contribution in [0.15, 0.2) is 42.5 Å². The van der Waals surface area contributed by atoms with Crippen molar-refractivity contribution in [2.45, 2.75) is 26.2 Å². The molecule has 0 aromatic heterocycles. The van der Waals surface area contributed by atoms with Gasteiger partial charge >= 0.3 is 0 Å². The van der Waals surface area contributed by atoms with E-state index in [2.05, 4.69) is 32.0 Å². The van der Waals surface area contributed by atoms with E-state index in [-0.39, 0.29) is 0 Å². The monoisotopic (exact) mass is 265 g/mol. The first-order valence-electron chi connectivity index (χ1n) is 6.80. The molecule has 0 aliphatic rings. The third kappa shape index (κ3) is 3.00. The van der Waals surface area contributed by atoms with E-state index in [4.69, 9.17) is 10.00 Å². The van der Waals surface area contributed by atoms with Crippen LogP contribution >= 0.6 is 0 Å². The molecule has 0 bridgehead atoms. The molecule has 0 saturated heterocycles. The Labute approximate surface area is 120 Å². The van der Waals surface area contributed by atoms with Crippen LogP contribution in [0.5, 0.6) is 5.75 Å². The first-order chi connectivity index (χ1) is 9.65. The number of methoxy groups -OCH3 is 1. The van der Waals surface area contributed by atoms with Gasteiger partial charge in [-0.05, 0) is 41.2 Å². The van der Waals surface area contributed by atoms with Crippen molar-refractivity contribution in [1.82, 2.24) is 0 Å². The minimum absolute atomic E-state index is 0.413. The Bertz CT molecular complexity index is 638. The van der Waals surface area contributed by atoms with Gasteiger partial charge in [0.1, 0.15) is 5.75 Å². The lowest BCUT2D eigenvalue weighted by atomic mass is 9.95. The zero-order chi connectivity index (χ0) is 14.5. The van der Waals surface area contributed by atoms with Crippen molar-refractivity contribution in [1.29, 1.82) is 5.26 Å². The number of nitriles is 1. The molecule has 102 valence electrons. The maximum Gasteiger partial charge on any atom is 0.122 e. The average Bonchev–Trinajstić information content (AvgIpc) is 2.47. The van der Waals surface area contributed by atoms with Gasteiger partial charge in [-0.1, -0.05) is 44.2 Å². The largest absolute Gasteiger partial charge is 0.496 e. The van der Waals surface area contributed by atoms with E-state index in [0.29, 0.717) is 5.92 Å². The number of ether oxygens (including phenoxy) is 1. The fourth-order valence-electron chi connectivity index (χ4n) is 2.35. The second kappa shape index (κ2) is 6.25. The minimum Gasteiger partial charge on any atom is -0.496 e. The highest BCUT2D eigenvalue weighted by Crippen LogP contribution is 2.28. The molecule has 0 spiro atoms. The summed E-state index contributed by atoms with van der Waals surface area (Å²) in [5, 5.41) is 9.15. The Kier molecular flexibility index (Phi) is 4.42. The summed E-state index contributed by atoms with van der Waals surface area (Å²) >= 11 is 0. The molecule has 0 amide bonds. The van der Waals surface area contributed by atoms with Gasteiger partial charge < -0.3 is 4.74 Å². The zero-order valence-electron chi connectivity index (χ0n) is 12.2. The van der Waals surface area contributed by atoms with E-state index in [0.717, 1.165) is 23.3 Å². The van der Waals surface area contributed by atoms with E-state index in [1.165, 1.54) is 11.1 Å². The van der Waals surface area contributed by atoms with Crippen molar-refractivity contribution in [3.63, 3.8) is 0 Å². The Morgan fingerprint density at radius 1 is 1.15 bits per heavy atom. The molecule has 0 unspecified atom stereocenters. The van der Waals surface area contributed by atoms with E-state index in [1.54, 1.807) is 7.11 Å². The van der Waals surface area contributed by atoms with Crippen molar-refractivity contribution < 1.29 is 4.74 Å². The summed E-state index contributed by atoms with van der Waals surface area (Å²) in [6.45, 7) is 4.32. The average molecular weight is 265 g/mol. The second-order valence-electron chi connectivity index (χ2n) is 5.18. The molecule has 2 rings (SSSR count). The molecule has 0 N–H and O–H groups in total. The first kappa shape index (κ1) is 14.1. The lowest BCUT2D eigenvalue weighted by molar-refractivity contribution is 0.407. The number of rotatable bonds is 4. The van der Waals surface area contributed by atoms with Crippen molar-refractivity contribution in [2.75, 3.05) is 7.11 Å². The predicted octanol–water partition coefficient (Wildman–Crippen LogP) is 4.28. The molecule has 0 atom stereocenters. The lowest BCUT2D eigenvalue weighted by Gasteiger charge is -2.14. The molecule has 0 aliphatic heterocycles. The molecule has 0 saturated carbocycles. The normalized spacial score (nSPS) is 10.3. The fourth-order valence-corrected chi connectivity index (χ4v) is 2.35. The van der Waals surface area contributed by atoms with Crippen LogP contribution in [0.25, 0.3) is 0 Å². The molecule has 0 heterocycles. The van der Waals surface area contributed by atoms with Gasteiger partial charge in [0.25, 0.3) is 0 Å². The summed E-state index contributed by atoms with van der Waals surface area (Å²) in [6.07, 6.45) is 0.771. The van der Waals surface area contributed by atoms with Crippen LogP contribution in [-0.4, -0.2) is 7.11 Å². The maximum absolute atomic E-state index is 9.15. The van der Waals surface area contributed by atoms with Gasteiger partial charge in [-0.15, -0.1) is 0 Å². The number of hydrogen-bond acceptors (Lipinski definition) is 2. The highest BCUT2D eigenvalue weighted by atomic mass is 16.5. The molecule has 0 fully saturated rings. The van der Waals surface area contributed by atoms with Gasteiger partial charge in [0.2, 0.25) is 0 Å². The first-order valence-corrected chi connectivity index (χ1v) is 6.80. The smallest absolute Gasteiger partial charge is 0.122 e. The third-order valence-electron chi connectivity index (χ3n) is 3.45. The topological polar surface area (TPSA) is 33.0 Å². The molecule has 0 aliphatic carbocycles. The number of nitrogens with zero attached hydrogens (tertiary/aromatic N) is 1. The van der Waals surface area contributed by atoms with Crippen molar-refractivity contribution in [3.05, 3.63) is 64.7 Å². The Hall–Kier alpha value is -2.27. The van der Waals surface area contributed by atoms with Crippen LogP contribution in [-0.2, 0) is 6.42 Å². The van der Waals surface area contributed by atoms with Gasteiger partial charge in [0.15, 0.2) is 0 Å². The predicted molar refractivity (Wildman–Crippen MR) is 81.0 cm³/mol. The summed E-state index contributed by atoms with van der Waals surface area (Å²) in [6, 6.07) is 16.3. The molecule has 2 aromatic rings. The van der Waals surface area contributed by atoms with E-state index in [9.17, 15) is 0 Å². The lowest BCUT2D eigenvalue weighted by Crippen LogP contribution is -1.98. The van der Waals surface area contributed by atoms with Crippen LogP contribution in [0.1, 0.15) is 42.0 Å². The fraction of sp³-hybridized carbons (Fsp3) is 0.278. The van der Waals surface area contributed by atoms with E-state index in [1.807, 2.05) is 30.3 Å². The Balaban J connectivity index is 2.35. The third-order valence-corrected chi connectivity index (χ3v) is 3.45. The molecule has 2 heteroatoms. The standard InChI is InChI=1S/C18H19NO/c1-13(2)17-11-14(8-9-18(17)20-3)10-15-6-4-5-7-16(15)12-19/h4-9,11,13H,10H2,1-3H3. The van der Waals surface area contributed by atoms with E-state index >= 15 is 0 Å². The van der Waals surface area contributed by atoms with Crippen LogP contribution < -0.4 is 4.74 Å². The van der Waals surface area contributed by atoms with Crippen molar-refractivity contribution in [3.8, 4) is 11.8 Å². The summed E-state index contributed by atoms with van der Waals surface area (Å²) < 4.78 is 5.40. The van der Waals surface area contributed by atoms with Crippen LogP contribution in [0.4, 0.5) is 0 Å². The minimum atomic E-state index is 0.413. The van der Waals surface area contributed by atoms with Crippen LogP contribution in [0, 0.1) is 11.3 Å². The van der Waals surface area contributed by atoms with Gasteiger partial charge in [-0.3, -0.25) is 0 Å². The summed E-state index contributed by atoms with van der Waals surface area (Å²) in [5.74, 6) is 1.34. The number of hydrogen-bond donors (Lipinski definition) is 0.